The predicted molar refractivity (Wildman–Crippen MR) is 192 cm³/mol. The molecule has 0 atom stereocenters. The largest absolute Gasteiger partial charge is 0.486 e. The normalized spacial score (nSPS) is 13.1. The Bertz CT molecular complexity index is 2530. The van der Waals surface area contributed by atoms with Crippen LogP contribution < -0.4 is 0 Å². The van der Waals surface area contributed by atoms with E-state index in [4.69, 9.17) is 17.6 Å². The van der Waals surface area contributed by atoms with Crippen molar-refractivity contribution in [2.75, 3.05) is 0 Å². The zero-order valence-electron chi connectivity index (χ0n) is 32.2. The van der Waals surface area contributed by atoms with Gasteiger partial charge in [0.25, 0.3) is 0 Å². The summed E-state index contributed by atoms with van der Waals surface area (Å²) in [5.74, 6) is 0. The van der Waals surface area contributed by atoms with E-state index >= 15 is 0 Å². The predicted octanol–water partition coefficient (Wildman–Crippen LogP) is 11.0. The van der Waals surface area contributed by atoms with Gasteiger partial charge in [0.05, 0.1) is 11.3 Å². The average molecular weight is 806 g/mol. The third kappa shape index (κ3) is 6.75. The zero-order valence-corrected chi connectivity index (χ0v) is 28.6. The molecule has 4 aromatic carbocycles. The van der Waals surface area contributed by atoms with Crippen molar-refractivity contribution in [3.8, 4) is 44.9 Å². The summed E-state index contributed by atoms with van der Waals surface area (Å²) in [6, 6.07) is 42.6. The maximum absolute atomic E-state index is 7.75. The van der Waals surface area contributed by atoms with E-state index in [1.807, 2.05) is 54.6 Å². The molecule has 0 saturated carbocycles. The van der Waals surface area contributed by atoms with E-state index in [-0.39, 0.29) is 31.2 Å². The Morgan fingerprint density at radius 2 is 1.44 bits per heavy atom. The van der Waals surface area contributed by atoms with Crippen LogP contribution in [0.3, 0.4) is 0 Å². The quantitative estimate of drug-likeness (QED) is 0.166. The van der Waals surface area contributed by atoms with Crippen LogP contribution in [-0.2, 0) is 20.1 Å². The van der Waals surface area contributed by atoms with Gasteiger partial charge < -0.3 is 14.4 Å². The van der Waals surface area contributed by atoms with E-state index < -0.39 is 13.7 Å². The molecule has 0 unspecified atom stereocenters. The standard InChI is InChI=1S/C31H23N2O.C12H10N.Ir/c1-19-14-15-32-28(16-19)26-11-7-10-24-25-12-13-27(33-31(25)34-30(24)26)29-20(2)17-23(18-21(29)3)22-8-5-4-6-9-22;1-10-7-8-12(13-9-10)11-5-3-2-4-6-11;/h4-10,12-18H,1-3H3;2-5,7-9H,1H3;/q2*-1;/i2*1D3;. The molecule has 0 aliphatic heterocycles. The number of furan rings is 1. The summed E-state index contributed by atoms with van der Waals surface area (Å²) in [5.41, 5.74) is 10.9. The summed E-state index contributed by atoms with van der Waals surface area (Å²) in [7, 11) is 0. The molecule has 0 bridgehead atoms. The second-order valence-electron chi connectivity index (χ2n) is 11.2. The molecule has 0 saturated heterocycles. The van der Waals surface area contributed by atoms with Crippen LogP contribution >= 0.6 is 0 Å². The maximum Gasteiger partial charge on any atom is 0.216 e. The third-order valence-electron chi connectivity index (χ3n) is 7.96. The molecule has 8 aromatic rings. The summed E-state index contributed by atoms with van der Waals surface area (Å²) >= 11 is 0. The maximum atomic E-state index is 7.75. The Kier molecular flexibility index (Phi) is 7.67. The fourth-order valence-corrected chi connectivity index (χ4v) is 5.79. The summed E-state index contributed by atoms with van der Waals surface area (Å²) in [6.45, 7) is -0.0977. The Hall–Kier alpha value is -5.22. The molecular weight excluding hydrogens is 767 g/mol. The summed E-state index contributed by atoms with van der Waals surface area (Å²) in [5, 5.41) is 1.77. The Labute approximate surface area is 303 Å². The van der Waals surface area contributed by atoms with Gasteiger partial charge in [0, 0.05) is 51.7 Å². The number of fused-ring (bicyclic) bond motifs is 3. The molecule has 4 nitrogen and oxygen atoms in total. The van der Waals surface area contributed by atoms with E-state index in [1.165, 1.54) is 29.6 Å². The smallest absolute Gasteiger partial charge is 0.216 e. The molecule has 5 heteroatoms. The van der Waals surface area contributed by atoms with Crippen LogP contribution in [0.5, 0.6) is 0 Å². The minimum absolute atomic E-state index is 0. The Morgan fingerprint density at radius 3 is 2.17 bits per heavy atom. The minimum Gasteiger partial charge on any atom is -0.486 e. The molecule has 1 radical (unpaired) electrons. The number of nitrogens with zero attached hydrogens (tertiary/aromatic N) is 3. The van der Waals surface area contributed by atoms with Crippen molar-refractivity contribution >= 4 is 22.1 Å². The molecule has 0 spiro atoms. The van der Waals surface area contributed by atoms with Gasteiger partial charge >= 0.3 is 0 Å². The van der Waals surface area contributed by atoms with Crippen LogP contribution in [0.2, 0.25) is 0 Å². The van der Waals surface area contributed by atoms with Crippen molar-refractivity contribution in [3.63, 3.8) is 0 Å². The summed E-state index contributed by atoms with van der Waals surface area (Å²) in [4.78, 5) is 13.4. The van der Waals surface area contributed by atoms with Crippen molar-refractivity contribution < 1.29 is 32.7 Å². The number of pyridine rings is 3. The Morgan fingerprint density at radius 1 is 0.646 bits per heavy atom. The van der Waals surface area contributed by atoms with Crippen molar-refractivity contribution in [1.29, 1.82) is 0 Å². The van der Waals surface area contributed by atoms with Crippen LogP contribution in [0, 0.1) is 39.7 Å². The fraction of sp³-hybridized carbons (Fsp3) is 0.0930. The second kappa shape index (κ2) is 14.3. The van der Waals surface area contributed by atoms with Gasteiger partial charge in [0.15, 0.2) is 0 Å². The molecular formula is C43H33IrN3O-2. The van der Waals surface area contributed by atoms with Gasteiger partial charge in [-0.15, -0.1) is 54.1 Å². The van der Waals surface area contributed by atoms with Crippen LogP contribution in [0.25, 0.3) is 67.0 Å². The van der Waals surface area contributed by atoms with Crippen LogP contribution in [0.1, 0.15) is 30.5 Å². The van der Waals surface area contributed by atoms with Crippen molar-refractivity contribution in [2.24, 2.45) is 0 Å². The molecule has 8 rings (SSSR count). The van der Waals surface area contributed by atoms with Gasteiger partial charge in [0.1, 0.15) is 0 Å². The molecule has 0 fully saturated rings. The van der Waals surface area contributed by atoms with E-state index in [2.05, 4.69) is 60.2 Å². The van der Waals surface area contributed by atoms with Gasteiger partial charge in [-0.1, -0.05) is 77.2 Å². The second-order valence-corrected chi connectivity index (χ2v) is 11.2. The topological polar surface area (TPSA) is 51.8 Å². The van der Waals surface area contributed by atoms with Gasteiger partial charge in [0.2, 0.25) is 5.71 Å². The first-order valence-corrected chi connectivity index (χ1v) is 15.2. The number of benzene rings is 4. The first kappa shape index (κ1) is 25.8. The number of aryl methyl sites for hydroxylation is 4. The van der Waals surface area contributed by atoms with Gasteiger partial charge in [-0.3, -0.25) is 0 Å². The van der Waals surface area contributed by atoms with Crippen LogP contribution in [0.4, 0.5) is 0 Å². The molecule has 0 aliphatic carbocycles. The van der Waals surface area contributed by atoms with Crippen LogP contribution in [-0.4, -0.2) is 15.0 Å². The zero-order chi connectivity index (χ0) is 37.3. The first-order chi connectivity index (χ1) is 25.4. The number of rotatable bonds is 4. The molecule has 4 heterocycles. The van der Waals surface area contributed by atoms with E-state index in [9.17, 15) is 0 Å². The first-order valence-electron chi connectivity index (χ1n) is 18.2. The molecule has 0 amide bonds. The molecule has 0 aliphatic rings. The average Bonchev–Trinajstić information content (AvgIpc) is 3.53. The van der Waals surface area contributed by atoms with E-state index in [0.717, 1.165) is 44.4 Å². The fourth-order valence-electron chi connectivity index (χ4n) is 5.79. The summed E-state index contributed by atoms with van der Waals surface area (Å²) < 4.78 is 51.2. The van der Waals surface area contributed by atoms with E-state index in [1.54, 1.807) is 30.3 Å². The molecule has 237 valence electrons. The minimum atomic E-state index is -2.22. The van der Waals surface area contributed by atoms with Gasteiger partial charge in [-0.05, 0) is 85.0 Å². The SMILES string of the molecule is [2H]C([2H])([2H])c1ccc(-c2[c-]cccc2)nc1.[2H]C([2H])([2H])c1ccnc(-c2[c-]ccc3c2oc2nc(-c4c(C)cc(-c5ccccc5)cc4C)ccc23)c1.[Ir]. The van der Waals surface area contributed by atoms with Gasteiger partial charge in [-0.25, -0.2) is 4.98 Å². The number of hydrogen-bond donors (Lipinski definition) is 0. The van der Waals surface area contributed by atoms with Gasteiger partial charge in [-0.2, -0.15) is 0 Å². The van der Waals surface area contributed by atoms with Crippen LogP contribution in [0.15, 0.2) is 132 Å². The molecule has 0 N–H and O–H groups in total. The van der Waals surface area contributed by atoms with E-state index in [0.29, 0.717) is 22.6 Å². The number of hydrogen-bond acceptors (Lipinski definition) is 4. The Balaban J connectivity index is 0.000000246. The molecule has 48 heavy (non-hydrogen) atoms. The monoisotopic (exact) mass is 806 g/mol. The number of aromatic nitrogens is 3. The van der Waals surface area contributed by atoms with Crippen molar-refractivity contribution in [1.82, 2.24) is 15.0 Å². The molecule has 4 aromatic heterocycles. The van der Waals surface area contributed by atoms with Crippen molar-refractivity contribution in [2.45, 2.75) is 27.6 Å². The van der Waals surface area contributed by atoms with Crippen molar-refractivity contribution in [3.05, 3.63) is 162 Å². The third-order valence-corrected chi connectivity index (χ3v) is 7.96. The summed E-state index contributed by atoms with van der Waals surface area (Å²) in [6.07, 6.45) is 2.90.